The zero-order valence-corrected chi connectivity index (χ0v) is 12.4. The van der Waals surface area contributed by atoms with Gasteiger partial charge in [-0.3, -0.25) is 0 Å². The van der Waals surface area contributed by atoms with Crippen molar-refractivity contribution < 1.29 is 13.2 Å². The zero-order chi connectivity index (χ0) is 16.6. The average molecular weight is 317 g/mol. The molecule has 1 unspecified atom stereocenters. The van der Waals surface area contributed by atoms with E-state index in [1.807, 2.05) is 30.0 Å². The summed E-state index contributed by atoms with van der Waals surface area (Å²) >= 11 is 0. The molecule has 0 radical (unpaired) electrons. The van der Waals surface area contributed by atoms with Gasteiger partial charge in [0.15, 0.2) is 5.69 Å². The summed E-state index contributed by atoms with van der Waals surface area (Å²) in [5.41, 5.74) is 0.803. The van der Waals surface area contributed by atoms with Gasteiger partial charge in [-0.05, 0) is 36.6 Å². The van der Waals surface area contributed by atoms with Gasteiger partial charge in [0.2, 0.25) is 0 Å². The Labute approximate surface area is 132 Å². The average Bonchev–Trinajstić information content (AvgIpc) is 2.54. The van der Waals surface area contributed by atoms with Crippen LogP contribution in [0.1, 0.15) is 35.3 Å². The second-order valence-corrected chi connectivity index (χ2v) is 5.49. The molecule has 2 heterocycles. The monoisotopic (exact) mass is 317 g/mol. The lowest BCUT2D eigenvalue weighted by Gasteiger charge is -2.36. The standard InChI is InChI=1S/C17H14F3N3/c1-11-13-5-3-2-4-12(13)8-9-23(11)16-7-6-14(17(18,19)20)15(10-21)22-16/h2-7,11H,8-9H2,1H3. The molecule has 23 heavy (non-hydrogen) atoms. The quantitative estimate of drug-likeness (QED) is 0.795. The van der Waals surface area contributed by atoms with Crippen LogP contribution in [0, 0.1) is 11.3 Å². The number of fused-ring (bicyclic) bond motifs is 1. The number of benzene rings is 1. The van der Waals surface area contributed by atoms with Crippen LogP contribution in [0.4, 0.5) is 19.0 Å². The van der Waals surface area contributed by atoms with E-state index >= 15 is 0 Å². The van der Waals surface area contributed by atoms with Gasteiger partial charge < -0.3 is 4.90 Å². The first-order valence-electron chi connectivity index (χ1n) is 7.24. The molecule has 3 rings (SSSR count). The smallest absolute Gasteiger partial charge is 0.349 e. The van der Waals surface area contributed by atoms with Crippen LogP contribution < -0.4 is 4.90 Å². The number of hydrogen-bond acceptors (Lipinski definition) is 3. The van der Waals surface area contributed by atoms with E-state index in [1.54, 1.807) is 6.07 Å². The minimum absolute atomic E-state index is 0.00395. The molecule has 1 aliphatic rings. The van der Waals surface area contributed by atoms with Crippen LogP contribution in [0.25, 0.3) is 0 Å². The Bertz CT molecular complexity index is 777. The summed E-state index contributed by atoms with van der Waals surface area (Å²) in [6.45, 7) is 2.64. The fourth-order valence-electron chi connectivity index (χ4n) is 3.01. The Morgan fingerprint density at radius 1 is 1.22 bits per heavy atom. The maximum absolute atomic E-state index is 12.9. The third kappa shape index (κ3) is 2.74. The van der Waals surface area contributed by atoms with Crippen molar-refractivity contribution in [2.24, 2.45) is 0 Å². The highest BCUT2D eigenvalue weighted by Crippen LogP contribution is 2.35. The number of anilines is 1. The molecule has 118 valence electrons. The molecular weight excluding hydrogens is 303 g/mol. The van der Waals surface area contributed by atoms with E-state index in [0.717, 1.165) is 18.1 Å². The zero-order valence-electron chi connectivity index (χ0n) is 12.4. The lowest BCUT2D eigenvalue weighted by molar-refractivity contribution is -0.138. The predicted molar refractivity (Wildman–Crippen MR) is 79.9 cm³/mol. The maximum Gasteiger partial charge on any atom is 0.419 e. The fourth-order valence-corrected chi connectivity index (χ4v) is 3.01. The van der Waals surface area contributed by atoms with E-state index in [0.29, 0.717) is 12.4 Å². The third-order valence-electron chi connectivity index (χ3n) is 4.18. The first-order chi connectivity index (χ1) is 10.9. The number of pyridine rings is 1. The summed E-state index contributed by atoms with van der Waals surface area (Å²) in [5.74, 6) is 0.400. The number of hydrogen-bond donors (Lipinski definition) is 0. The highest BCUT2D eigenvalue weighted by molar-refractivity contribution is 5.50. The Morgan fingerprint density at radius 2 is 1.96 bits per heavy atom. The highest BCUT2D eigenvalue weighted by Gasteiger charge is 2.35. The van der Waals surface area contributed by atoms with Crippen molar-refractivity contribution >= 4 is 5.82 Å². The summed E-state index contributed by atoms with van der Waals surface area (Å²) in [6, 6.07) is 11.8. The normalized spacial score (nSPS) is 17.5. The predicted octanol–water partition coefficient (Wildman–Crippen LogP) is 4.10. The van der Waals surface area contributed by atoms with Crippen LogP contribution in [0.3, 0.4) is 0 Å². The lowest BCUT2D eigenvalue weighted by atomic mass is 9.93. The molecule has 0 bridgehead atoms. The molecule has 0 spiro atoms. The van der Waals surface area contributed by atoms with E-state index in [4.69, 9.17) is 5.26 Å². The summed E-state index contributed by atoms with van der Waals surface area (Å²) < 4.78 is 38.6. The summed E-state index contributed by atoms with van der Waals surface area (Å²) in [6.07, 6.45) is -3.78. The Balaban J connectivity index is 1.99. The van der Waals surface area contributed by atoms with Crippen LogP contribution in [-0.4, -0.2) is 11.5 Å². The van der Waals surface area contributed by atoms with Crippen molar-refractivity contribution in [2.45, 2.75) is 25.6 Å². The van der Waals surface area contributed by atoms with Crippen molar-refractivity contribution in [3.05, 3.63) is 58.8 Å². The lowest BCUT2D eigenvalue weighted by Crippen LogP contribution is -2.34. The number of alkyl halides is 3. The van der Waals surface area contributed by atoms with Crippen molar-refractivity contribution in [2.75, 3.05) is 11.4 Å². The Hall–Kier alpha value is -2.55. The summed E-state index contributed by atoms with van der Waals surface area (Å²) in [5, 5.41) is 9.00. The molecule has 0 saturated heterocycles. The summed E-state index contributed by atoms with van der Waals surface area (Å²) in [4.78, 5) is 5.88. The van der Waals surface area contributed by atoms with Gasteiger partial charge in [-0.1, -0.05) is 24.3 Å². The van der Waals surface area contributed by atoms with E-state index in [2.05, 4.69) is 11.1 Å². The number of rotatable bonds is 1. The molecule has 2 aromatic rings. The fraction of sp³-hybridized carbons (Fsp3) is 0.294. The Kier molecular flexibility index (Phi) is 3.72. The molecule has 0 N–H and O–H groups in total. The number of nitriles is 1. The van der Waals surface area contributed by atoms with E-state index in [-0.39, 0.29) is 6.04 Å². The minimum Gasteiger partial charge on any atom is -0.349 e. The van der Waals surface area contributed by atoms with E-state index in [1.165, 1.54) is 11.6 Å². The van der Waals surface area contributed by atoms with Gasteiger partial charge in [-0.2, -0.15) is 18.4 Å². The molecule has 1 atom stereocenters. The van der Waals surface area contributed by atoms with Crippen LogP contribution in [0.2, 0.25) is 0 Å². The van der Waals surface area contributed by atoms with Crippen molar-refractivity contribution in [3.8, 4) is 6.07 Å². The second kappa shape index (κ2) is 5.58. The van der Waals surface area contributed by atoms with Gasteiger partial charge >= 0.3 is 6.18 Å². The van der Waals surface area contributed by atoms with Crippen LogP contribution >= 0.6 is 0 Å². The molecule has 1 aromatic heterocycles. The molecular formula is C17H14F3N3. The molecule has 3 nitrogen and oxygen atoms in total. The minimum atomic E-state index is -4.57. The van der Waals surface area contributed by atoms with E-state index < -0.39 is 17.4 Å². The molecule has 1 aromatic carbocycles. The van der Waals surface area contributed by atoms with Gasteiger partial charge in [0.1, 0.15) is 11.9 Å². The molecule has 0 saturated carbocycles. The SMILES string of the molecule is CC1c2ccccc2CCN1c1ccc(C(F)(F)F)c(C#N)n1. The van der Waals surface area contributed by atoms with Gasteiger partial charge in [-0.25, -0.2) is 4.98 Å². The summed E-state index contributed by atoms with van der Waals surface area (Å²) in [7, 11) is 0. The Morgan fingerprint density at radius 3 is 2.65 bits per heavy atom. The van der Waals surface area contributed by atoms with Gasteiger partial charge in [0.05, 0.1) is 11.6 Å². The van der Waals surface area contributed by atoms with Gasteiger partial charge in [0, 0.05) is 6.54 Å². The maximum atomic E-state index is 12.9. The van der Waals surface area contributed by atoms with Crippen LogP contribution in [0.5, 0.6) is 0 Å². The van der Waals surface area contributed by atoms with Crippen molar-refractivity contribution in [1.82, 2.24) is 4.98 Å². The van der Waals surface area contributed by atoms with Crippen molar-refractivity contribution in [3.63, 3.8) is 0 Å². The van der Waals surface area contributed by atoms with Crippen LogP contribution in [0.15, 0.2) is 36.4 Å². The van der Waals surface area contributed by atoms with Gasteiger partial charge in [0.25, 0.3) is 0 Å². The molecule has 6 heteroatoms. The third-order valence-corrected chi connectivity index (χ3v) is 4.18. The molecule has 0 fully saturated rings. The molecule has 0 amide bonds. The molecule has 0 aliphatic carbocycles. The number of nitrogens with zero attached hydrogens (tertiary/aromatic N) is 3. The highest BCUT2D eigenvalue weighted by atomic mass is 19.4. The second-order valence-electron chi connectivity index (χ2n) is 5.49. The number of aromatic nitrogens is 1. The first-order valence-corrected chi connectivity index (χ1v) is 7.24. The largest absolute Gasteiger partial charge is 0.419 e. The van der Waals surface area contributed by atoms with Crippen LogP contribution in [-0.2, 0) is 12.6 Å². The van der Waals surface area contributed by atoms with E-state index in [9.17, 15) is 13.2 Å². The van der Waals surface area contributed by atoms with Crippen molar-refractivity contribution in [1.29, 1.82) is 5.26 Å². The molecule has 1 aliphatic heterocycles. The number of halogens is 3. The topological polar surface area (TPSA) is 39.9 Å². The van der Waals surface area contributed by atoms with Gasteiger partial charge in [-0.15, -0.1) is 0 Å². The first kappa shape index (κ1) is 15.3.